The summed E-state index contributed by atoms with van der Waals surface area (Å²) in [4.78, 5) is 11.1. The second-order valence-corrected chi connectivity index (χ2v) is 2.64. The molecule has 1 N–H and O–H groups in total. The first-order chi connectivity index (χ1) is 6.33. The van der Waals surface area contributed by atoms with Crippen molar-refractivity contribution in [3.63, 3.8) is 0 Å². The molecule has 13 heavy (non-hydrogen) atoms. The van der Waals surface area contributed by atoms with E-state index in [0.717, 1.165) is 6.42 Å². The fraction of sp³-hybridized carbons (Fsp3) is 0.300. The van der Waals surface area contributed by atoms with E-state index in [1.807, 2.05) is 25.2 Å². The molecule has 0 saturated heterocycles. The first kappa shape index (κ1) is 9.58. The summed E-state index contributed by atoms with van der Waals surface area (Å²) < 4.78 is 5.02. The van der Waals surface area contributed by atoms with Crippen molar-refractivity contribution in [2.45, 2.75) is 19.8 Å². The van der Waals surface area contributed by atoms with Gasteiger partial charge in [-0.05, 0) is 18.6 Å². The van der Waals surface area contributed by atoms with Crippen LogP contribution in [0.25, 0.3) is 0 Å². The molecule has 0 fully saturated rings. The van der Waals surface area contributed by atoms with E-state index in [0.29, 0.717) is 12.3 Å². The number of rotatable bonds is 3. The lowest BCUT2D eigenvalue weighted by molar-refractivity contribution is -0.139. The average Bonchev–Trinajstić information content (AvgIpc) is 2.33. The Bertz CT molecular complexity index is 264. The van der Waals surface area contributed by atoms with E-state index < -0.39 is 0 Å². The summed E-state index contributed by atoms with van der Waals surface area (Å²) in [5, 5.41) is 2.85. The van der Waals surface area contributed by atoms with E-state index in [-0.39, 0.29) is 5.97 Å². The molecule has 3 heteroatoms. The Hall–Kier alpha value is -1.51. The summed E-state index contributed by atoms with van der Waals surface area (Å²) in [6.45, 7) is 1.94. The molecule has 0 aromatic rings. The summed E-state index contributed by atoms with van der Waals surface area (Å²) in [6, 6.07) is 0. The first-order valence-electron chi connectivity index (χ1n) is 4.33. The van der Waals surface area contributed by atoms with Gasteiger partial charge in [0.1, 0.15) is 0 Å². The van der Waals surface area contributed by atoms with Crippen molar-refractivity contribution in [2.75, 3.05) is 0 Å². The summed E-state index contributed by atoms with van der Waals surface area (Å²) in [6.07, 6.45) is 10.2. The maximum absolute atomic E-state index is 11.1. The lowest BCUT2D eigenvalue weighted by atomic mass is 10.3. The van der Waals surface area contributed by atoms with Crippen molar-refractivity contribution in [2.24, 2.45) is 0 Å². The Morgan fingerprint density at radius 1 is 1.46 bits per heavy atom. The van der Waals surface area contributed by atoms with Gasteiger partial charge in [0.05, 0.1) is 0 Å². The lowest BCUT2D eigenvalue weighted by Gasteiger charge is -2.05. The molecule has 0 aliphatic carbocycles. The second kappa shape index (κ2) is 5.19. The number of hydrogen-bond acceptors (Lipinski definition) is 3. The van der Waals surface area contributed by atoms with Gasteiger partial charge in [-0.2, -0.15) is 0 Å². The highest BCUT2D eigenvalue weighted by molar-refractivity contribution is 5.70. The van der Waals surface area contributed by atoms with Gasteiger partial charge >= 0.3 is 5.97 Å². The van der Waals surface area contributed by atoms with Gasteiger partial charge < -0.3 is 10.1 Å². The van der Waals surface area contributed by atoms with Crippen LogP contribution in [0.15, 0.2) is 36.4 Å². The van der Waals surface area contributed by atoms with Gasteiger partial charge in [0.15, 0.2) is 0 Å². The molecular formula is C10H13NO2. The standard InChI is InChI=1S/C10H13NO2/c1-2-6-10(12)13-9-7-4-3-5-8-11-9/h3-5,7-8,11H,2,6H2,1H3. The molecular weight excluding hydrogens is 166 g/mol. The zero-order chi connectivity index (χ0) is 9.52. The molecule has 1 rings (SSSR count). The van der Waals surface area contributed by atoms with Gasteiger partial charge in [-0.25, -0.2) is 0 Å². The average molecular weight is 179 g/mol. The molecule has 0 atom stereocenters. The third-order valence-corrected chi connectivity index (χ3v) is 1.47. The minimum absolute atomic E-state index is 0.204. The predicted octanol–water partition coefficient (Wildman–Crippen LogP) is 1.84. The minimum atomic E-state index is -0.204. The van der Waals surface area contributed by atoms with Crippen molar-refractivity contribution in [3.8, 4) is 0 Å². The highest BCUT2D eigenvalue weighted by Gasteiger charge is 2.03. The normalized spacial score (nSPS) is 14.4. The van der Waals surface area contributed by atoms with Crippen LogP contribution >= 0.6 is 0 Å². The Balaban J connectivity index is 2.44. The van der Waals surface area contributed by atoms with Gasteiger partial charge in [-0.1, -0.05) is 19.1 Å². The second-order valence-electron chi connectivity index (χ2n) is 2.64. The summed E-state index contributed by atoms with van der Waals surface area (Å²) in [5.74, 6) is 0.272. The summed E-state index contributed by atoms with van der Waals surface area (Å²) in [5.41, 5.74) is 0. The van der Waals surface area contributed by atoms with Gasteiger partial charge in [0.2, 0.25) is 5.88 Å². The van der Waals surface area contributed by atoms with Crippen molar-refractivity contribution in [1.29, 1.82) is 0 Å². The quantitative estimate of drug-likeness (QED) is 0.672. The molecule has 0 aromatic carbocycles. The Labute approximate surface area is 77.8 Å². The van der Waals surface area contributed by atoms with Crippen LogP contribution in [-0.4, -0.2) is 5.97 Å². The monoisotopic (exact) mass is 179 g/mol. The molecule has 0 amide bonds. The predicted molar refractivity (Wildman–Crippen MR) is 50.5 cm³/mol. The smallest absolute Gasteiger partial charge is 0.312 e. The van der Waals surface area contributed by atoms with E-state index in [9.17, 15) is 4.79 Å². The molecule has 3 nitrogen and oxygen atoms in total. The molecule has 70 valence electrons. The number of carbonyl (C=O) groups excluding carboxylic acids is 1. The van der Waals surface area contributed by atoms with E-state index in [1.165, 1.54) is 0 Å². The van der Waals surface area contributed by atoms with E-state index in [1.54, 1.807) is 12.3 Å². The maximum atomic E-state index is 11.1. The molecule has 1 aliphatic heterocycles. The van der Waals surface area contributed by atoms with Crippen molar-refractivity contribution >= 4 is 5.97 Å². The molecule has 0 aromatic heterocycles. The lowest BCUT2D eigenvalue weighted by Crippen LogP contribution is -2.12. The molecule has 0 spiro atoms. The van der Waals surface area contributed by atoms with Crippen molar-refractivity contribution in [3.05, 3.63) is 36.4 Å². The SMILES string of the molecule is CCCC(=O)OC1=CC=CC=CN1. The van der Waals surface area contributed by atoms with Crippen molar-refractivity contribution in [1.82, 2.24) is 5.32 Å². The molecule has 0 bridgehead atoms. The maximum Gasteiger partial charge on any atom is 0.312 e. The summed E-state index contributed by atoms with van der Waals surface area (Å²) >= 11 is 0. The van der Waals surface area contributed by atoms with Crippen LogP contribution in [-0.2, 0) is 9.53 Å². The van der Waals surface area contributed by atoms with Crippen LogP contribution in [0.4, 0.5) is 0 Å². The van der Waals surface area contributed by atoms with Crippen molar-refractivity contribution < 1.29 is 9.53 Å². The molecule has 1 heterocycles. The Kier molecular flexibility index (Phi) is 3.82. The third-order valence-electron chi connectivity index (χ3n) is 1.47. The highest BCUT2D eigenvalue weighted by Crippen LogP contribution is 2.01. The number of nitrogens with one attached hydrogen (secondary N) is 1. The molecule has 1 aliphatic rings. The Morgan fingerprint density at radius 2 is 2.31 bits per heavy atom. The largest absolute Gasteiger partial charge is 0.410 e. The van der Waals surface area contributed by atoms with Crippen LogP contribution in [0.3, 0.4) is 0 Å². The molecule has 0 unspecified atom stereocenters. The van der Waals surface area contributed by atoms with E-state index in [2.05, 4.69) is 5.32 Å². The number of esters is 1. The molecule has 0 saturated carbocycles. The highest BCUT2D eigenvalue weighted by atomic mass is 16.5. The van der Waals surface area contributed by atoms with Crippen LogP contribution in [0.1, 0.15) is 19.8 Å². The van der Waals surface area contributed by atoms with Gasteiger partial charge in [-0.3, -0.25) is 4.79 Å². The molecule has 0 radical (unpaired) electrons. The third kappa shape index (κ3) is 3.60. The fourth-order valence-corrected chi connectivity index (χ4v) is 0.882. The van der Waals surface area contributed by atoms with Crippen LogP contribution in [0.5, 0.6) is 0 Å². The van der Waals surface area contributed by atoms with Crippen LogP contribution in [0.2, 0.25) is 0 Å². The number of hydrogen-bond donors (Lipinski definition) is 1. The zero-order valence-electron chi connectivity index (χ0n) is 7.62. The van der Waals surface area contributed by atoms with Crippen LogP contribution in [0, 0.1) is 0 Å². The van der Waals surface area contributed by atoms with E-state index in [4.69, 9.17) is 4.74 Å². The van der Waals surface area contributed by atoms with Gasteiger partial charge in [0.25, 0.3) is 0 Å². The first-order valence-corrected chi connectivity index (χ1v) is 4.33. The number of ether oxygens (including phenoxy) is 1. The number of carbonyl (C=O) groups is 1. The zero-order valence-corrected chi connectivity index (χ0v) is 7.62. The Morgan fingerprint density at radius 3 is 3.08 bits per heavy atom. The fourth-order valence-electron chi connectivity index (χ4n) is 0.882. The topological polar surface area (TPSA) is 38.3 Å². The minimum Gasteiger partial charge on any atom is -0.410 e. The summed E-state index contributed by atoms with van der Waals surface area (Å²) in [7, 11) is 0. The van der Waals surface area contributed by atoms with Gasteiger partial charge in [0, 0.05) is 12.6 Å². The van der Waals surface area contributed by atoms with Crippen LogP contribution < -0.4 is 5.32 Å². The number of allylic oxidation sites excluding steroid dienone is 4. The van der Waals surface area contributed by atoms with E-state index >= 15 is 0 Å². The van der Waals surface area contributed by atoms with Gasteiger partial charge in [-0.15, -0.1) is 0 Å².